The lowest BCUT2D eigenvalue weighted by Crippen LogP contribution is -2.17. The molecule has 0 spiro atoms. The fourth-order valence-electron chi connectivity index (χ4n) is 2.04. The number of carbonyl (C=O) groups excluding carboxylic acids is 1. The molecular weight excluding hydrogens is 343 g/mol. The predicted molar refractivity (Wildman–Crippen MR) is 86.6 cm³/mol. The Balaban J connectivity index is 2.27. The lowest BCUT2D eigenvalue weighted by Gasteiger charge is -2.15. The highest BCUT2D eigenvalue weighted by Gasteiger charge is 2.34. The maximum absolute atomic E-state index is 13.1. The molecule has 128 valence electrons. The molecule has 0 aliphatic carbocycles. The molecule has 0 fully saturated rings. The van der Waals surface area contributed by atoms with Crippen molar-refractivity contribution in [2.24, 2.45) is 0 Å². The van der Waals surface area contributed by atoms with Gasteiger partial charge in [-0.3, -0.25) is 4.79 Å². The zero-order chi connectivity index (χ0) is 17.9. The summed E-state index contributed by atoms with van der Waals surface area (Å²) in [5.74, 6) is -0.207. The molecule has 0 saturated carbocycles. The number of hydrogen-bond donors (Lipinski definition) is 1. The average Bonchev–Trinajstić information content (AvgIpc) is 2.47. The van der Waals surface area contributed by atoms with Crippen molar-refractivity contribution in [1.29, 1.82) is 0 Å². The first-order chi connectivity index (χ1) is 11.2. The number of alkyl halides is 3. The minimum Gasteiger partial charge on any atom is -0.491 e. The number of hydrogen-bond acceptors (Lipinski definition) is 2. The van der Waals surface area contributed by atoms with Gasteiger partial charge in [-0.15, -0.1) is 0 Å². The Morgan fingerprint density at radius 1 is 1.17 bits per heavy atom. The van der Waals surface area contributed by atoms with Gasteiger partial charge in [0.15, 0.2) is 0 Å². The van der Waals surface area contributed by atoms with Gasteiger partial charge in [-0.05, 0) is 50.2 Å². The number of anilines is 1. The SMILES string of the molecule is CC(C)Oc1cccc(C(=O)Nc2ccc(Cl)cc2C(F)(F)F)c1. The molecule has 1 N–H and O–H groups in total. The summed E-state index contributed by atoms with van der Waals surface area (Å²) in [6, 6.07) is 9.40. The molecule has 2 aromatic rings. The van der Waals surface area contributed by atoms with Crippen LogP contribution in [0.25, 0.3) is 0 Å². The second kappa shape index (κ2) is 7.13. The summed E-state index contributed by atoms with van der Waals surface area (Å²) in [6.07, 6.45) is -4.72. The summed E-state index contributed by atoms with van der Waals surface area (Å²) in [7, 11) is 0. The molecule has 2 rings (SSSR count). The van der Waals surface area contributed by atoms with Crippen LogP contribution in [-0.4, -0.2) is 12.0 Å². The van der Waals surface area contributed by atoms with Gasteiger partial charge in [-0.2, -0.15) is 13.2 Å². The van der Waals surface area contributed by atoms with Crippen molar-refractivity contribution < 1.29 is 22.7 Å². The van der Waals surface area contributed by atoms with Crippen molar-refractivity contribution >= 4 is 23.2 Å². The van der Waals surface area contributed by atoms with E-state index >= 15 is 0 Å². The highest BCUT2D eigenvalue weighted by molar-refractivity contribution is 6.30. The van der Waals surface area contributed by atoms with Crippen LogP contribution in [0.2, 0.25) is 5.02 Å². The monoisotopic (exact) mass is 357 g/mol. The van der Waals surface area contributed by atoms with Crippen LogP contribution in [0.1, 0.15) is 29.8 Å². The maximum atomic E-state index is 13.1. The van der Waals surface area contributed by atoms with Crippen molar-refractivity contribution in [3.05, 3.63) is 58.6 Å². The van der Waals surface area contributed by atoms with Crippen LogP contribution >= 0.6 is 11.6 Å². The fourth-order valence-corrected chi connectivity index (χ4v) is 2.21. The molecule has 2 aromatic carbocycles. The Morgan fingerprint density at radius 3 is 2.50 bits per heavy atom. The van der Waals surface area contributed by atoms with Crippen molar-refractivity contribution in [1.82, 2.24) is 0 Å². The molecule has 0 aliphatic heterocycles. The van der Waals surface area contributed by atoms with Crippen LogP contribution in [0.3, 0.4) is 0 Å². The summed E-state index contributed by atoms with van der Waals surface area (Å²) in [5, 5.41) is 2.21. The van der Waals surface area contributed by atoms with E-state index in [1.54, 1.807) is 12.1 Å². The van der Waals surface area contributed by atoms with E-state index in [1.165, 1.54) is 18.2 Å². The smallest absolute Gasteiger partial charge is 0.418 e. The molecule has 0 saturated heterocycles. The van der Waals surface area contributed by atoms with Gasteiger partial charge in [0, 0.05) is 10.6 Å². The van der Waals surface area contributed by atoms with Crippen LogP contribution < -0.4 is 10.1 Å². The normalized spacial score (nSPS) is 11.5. The molecule has 0 aliphatic rings. The number of halogens is 4. The van der Waals surface area contributed by atoms with Crippen LogP contribution in [-0.2, 0) is 6.18 Å². The summed E-state index contributed by atoms with van der Waals surface area (Å²) >= 11 is 5.62. The summed E-state index contributed by atoms with van der Waals surface area (Å²) in [4.78, 5) is 12.2. The van der Waals surface area contributed by atoms with Gasteiger partial charge in [0.05, 0.1) is 17.4 Å². The summed E-state index contributed by atoms with van der Waals surface area (Å²) < 4.78 is 44.6. The zero-order valence-corrected chi connectivity index (χ0v) is 13.7. The van der Waals surface area contributed by atoms with Crippen molar-refractivity contribution in [2.45, 2.75) is 26.1 Å². The lowest BCUT2D eigenvalue weighted by molar-refractivity contribution is -0.136. The van der Waals surface area contributed by atoms with E-state index in [0.717, 1.165) is 12.1 Å². The third-order valence-corrected chi connectivity index (χ3v) is 3.24. The summed E-state index contributed by atoms with van der Waals surface area (Å²) in [6.45, 7) is 3.66. The van der Waals surface area contributed by atoms with Crippen molar-refractivity contribution in [2.75, 3.05) is 5.32 Å². The molecule has 7 heteroatoms. The third kappa shape index (κ3) is 4.64. The Morgan fingerprint density at radius 2 is 1.88 bits per heavy atom. The van der Waals surface area contributed by atoms with E-state index in [1.807, 2.05) is 13.8 Å². The zero-order valence-electron chi connectivity index (χ0n) is 12.9. The first-order valence-electron chi connectivity index (χ1n) is 7.11. The van der Waals surface area contributed by atoms with Gasteiger partial charge in [0.1, 0.15) is 5.75 Å². The number of amides is 1. The van der Waals surface area contributed by atoms with Crippen LogP contribution in [0, 0.1) is 0 Å². The van der Waals surface area contributed by atoms with Crippen LogP contribution in [0.5, 0.6) is 5.75 Å². The molecule has 3 nitrogen and oxygen atoms in total. The predicted octanol–water partition coefficient (Wildman–Crippen LogP) is 5.40. The van der Waals surface area contributed by atoms with E-state index < -0.39 is 17.6 Å². The number of benzene rings is 2. The topological polar surface area (TPSA) is 38.3 Å². The third-order valence-electron chi connectivity index (χ3n) is 3.00. The molecule has 0 radical (unpaired) electrons. The highest BCUT2D eigenvalue weighted by Crippen LogP contribution is 2.36. The molecule has 0 aromatic heterocycles. The molecular formula is C17H15ClF3NO2. The van der Waals surface area contributed by atoms with E-state index in [2.05, 4.69) is 5.32 Å². The standard InChI is InChI=1S/C17H15ClF3NO2/c1-10(2)24-13-5-3-4-11(8-13)16(23)22-15-7-6-12(18)9-14(15)17(19,20)21/h3-10H,1-2H3,(H,22,23). The Hall–Kier alpha value is -2.21. The molecule has 0 unspecified atom stereocenters. The molecule has 0 bridgehead atoms. The quantitative estimate of drug-likeness (QED) is 0.795. The largest absolute Gasteiger partial charge is 0.491 e. The van der Waals surface area contributed by atoms with Crippen LogP contribution in [0.4, 0.5) is 18.9 Å². The van der Waals surface area contributed by atoms with Gasteiger partial charge in [-0.25, -0.2) is 0 Å². The number of carbonyl (C=O) groups is 1. The van der Waals surface area contributed by atoms with E-state index in [0.29, 0.717) is 5.75 Å². The molecule has 0 atom stereocenters. The minimum atomic E-state index is -4.63. The second-order valence-corrected chi connectivity index (χ2v) is 5.77. The number of nitrogens with one attached hydrogen (secondary N) is 1. The van der Waals surface area contributed by atoms with Crippen LogP contribution in [0.15, 0.2) is 42.5 Å². The van der Waals surface area contributed by atoms with E-state index in [4.69, 9.17) is 16.3 Å². The first kappa shape index (κ1) is 18.1. The van der Waals surface area contributed by atoms with Gasteiger partial charge < -0.3 is 10.1 Å². The number of ether oxygens (including phenoxy) is 1. The molecule has 0 heterocycles. The Labute approximate surface area is 142 Å². The average molecular weight is 358 g/mol. The van der Waals surface area contributed by atoms with Gasteiger partial charge in [0.2, 0.25) is 0 Å². The second-order valence-electron chi connectivity index (χ2n) is 5.34. The Bertz CT molecular complexity index is 745. The first-order valence-corrected chi connectivity index (χ1v) is 7.49. The van der Waals surface area contributed by atoms with Gasteiger partial charge in [0.25, 0.3) is 5.91 Å². The molecule has 24 heavy (non-hydrogen) atoms. The van der Waals surface area contributed by atoms with Crippen molar-refractivity contribution in [3.63, 3.8) is 0 Å². The maximum Gasteiger partial charge on any atom is 0.418 e. The Kier molecular flexibility index (Phi) is 5.39. The highest BCUT2D eigenvalue weighted by atomic mass is 35.5. The van der Waals surface area contributed by atoms with Gasteiger partial charge >= 0.3 is 6.18 Å². The fraction of sp³-hybridized carbons (Fsp3) is 0.235. The number of rotatable bonds is 4. The van der Waals surface area contributed by atoms with Crippen molar-refractivity contribution in [3.8, 4) is 5.75 Å². The lowest BCUT2D eigenvalue weighted by atomic mass is 10.1. The summed E-state index contributed by atoms with van der Waals surface area (Å²) in [5.41, 5.74) is -1.17. The molecule has 1 amide bonds. The van der Waals surface area contributed by atoms with E-state index in [-0.39, 0.29) is 22.4 Å². The van der Waals surface area contributed by atoms with Gasteiger partial charge in [-0.1, -0.05) is 17.7 Å². The van der Waals surface area contributed by atoms with E-state index in [9.17, 15) is 18.0 Å². The minimum absolute atomic E-state index is 0.0624.